The van der Waals surface area contributed by atoms with Gasteiger partial charge in [-0.15, -0.1) is 22.7 Å². The van der Waals surface area contributed by atoms with Gasteiger partial charge in [0.1, 0.15) is 4.88 Å². The molecule has 6 heteroatoms. The van der Waals surface area contributed by atoms with E-state index in [1.807, 2.05) is 23.8 Å². The molecule has 0 spiro atoms. The Labute approximate surface area is 113 Å². The summed E-state index contributed by atoms with van der Waals surface area (Å²) in [6.45, 7) is 2.03. The Morgan fingerprint density at radius 2 is 2.17 bits per heavy atom. The number of nitrogens with zero attached hydrogens (tertiary/aromatic N) is 1. The highest BCUT2D eigenvalue weighted by Crippen LogP contribution is 2.23. The Balaban J connectivity index is 2.07. The van der Waals surface area contributed by atoms with Crippen molar-refractivity contribution >= 4 is 40.5 Å². The Morgan fingerprint density at radius 1 is 1.39 bits per heavy atom. The number of anilines is 1. The number of rotatable bonds is 4. The van der Waals surface area contributed by atoms with E-state index in [0.717, 1.165) is 4.88 Å². The van der Waals surface area contributed by atoms with Crippen molar-refractivity contribution in [3.05, 3.63) is 38.2 Å². The van der Waals surface area contributed by atoms with Crippen molar-refractivity contribution in [3.8, 4) is 0 Å². The number of ether oxygens (including phenoxy) is 1. The van der Waals surface area contributed by atoms with Gasteiger partial charge < -0.3 is 4.74 Å². The van der Waals surface area contributed by atoms with Gasteiger partial charge in [0, 0.05) is 4.88 Å². The van der Waals surface area contributed by atoms with Crippen LogP contribution >= 0.6 is 22.7 Å². The lowest BCUT2D eigenvalue weighted by atomic mass is 10.3. The van der Waals surface area contributed by atoms with Gasteiger partial charge in [0.25, 0.3) is 0 Å². The summed E-state index contributed by atoms with van der Waals surface area (Å²) >= 11 is 2.95. The number of carbonyl (C=O) groups excluding carboxylic acids is 1. The van der Waals surface area contributed by atoms with E-state index in [2.05, 4.69) is 15.3 Å². The molecule has 18 heavy (non-hydrogen) atoms. The fourth-order valence-corrected chi connectivity index (χ4v) is 2.87. The Hall–Kier alpha value is -1.66. The average Bonchev–Trinajstić information content (AvgIpc) is 2.98. The summed E-state index contributed by atoms with van der Waals surface area (Å²) in [4.78, 5) is 13.1. The largest absolute Gasteiger partial charge is 0.465 e. The summed E-state index contributed by atoms with van der Waals surface area (Å²) in [5.74, 6) is -0.352. The topological polar surface area (TPSA) is 50.7 Å². The van der Waals surface area contributed by atoms with Crippen LogP contribution in [0.15, 0.2) is 28.0 Å². The van der Waals surface area contributed by atoms with Gasteiger partial charge in [-0.1, -0.05) is 0 Å². The predicted octanol–water partition coefficient (Wildman–Crippen LogP) is 3.35. The number of hydrazone groups is 1. The highest BCUT2D eigenvalue weighted by Gasteiger charge is 2.12. The molecule has 1 N–H and O–H groups in total. The number of thiophene rings is 2. The molecular formula is C12H12N2O2S2. The highest BCUT2D eigenvalue weighted by atomic mass is 32.1. The van der Waals surface area contributed by atoms with Crippen molar-refractivity contribution in [1.82, 2.24) is 0 Å². The zero-order chi connectivity index (χ0) is 13.0. The number of hydrogen-bond acceptors (Lipinski definition) is 6. The van der Waals surface area contributed by atoms with Gasteiger partial charge in [-0.3, -0.25) is 5.43 Å². The Bertz CT molecular complexity index is 572. The van der Waals surface area contributed by atoms with Crippen LogP contribution in [0, 0.1) is 6.92 Å². The van der Waals surface area contributed by atoms with Crippen molar-refractivity contribution in [3.63, 3.8) is 0 Å². The van der Waals surface area contributed by atoms with Crippen LogP contribution in [-0.4, -0.2) is 19.3 Å². The van der Waals surface area contributed by atoms with Crippen LogP contribution in [0.2, 0.25) is 0 Å². The normalized spacial score (nSPS) is 10.8. The lowest BCUT2D eigenvalue weighted by molar-refractivity contribution is 0.0607. The average molecular weight is 280 g/mol. The molecule has 2 heterocycles. The quantitative estimate of drug-likeness (QED) is 0.531. The maximum atomic E-state index is 11.4. The third-order valence-corrected chi connectivity index (χ3v) is 4.15. The Kier molecular flexibility index (Phi) is 4.11. The molecule has 0 fully saturated rings. The summed E-state index contributed by atoms with van der Waals surface area (Å²) < 4.78 is 4.69. The third kappa shape index (κ3) is 2.77. The summed E-state index contributed by atoms with van der Waals surface area (Å²) in [6, 6.07) is 3.84. The maximum absolute atomic E-state index is 11.4. The van der Waals surface area contributed by atoms with Gasteiger partial charge in [-0.2, -0.15) is 5.10 Å². The maximum Gasteiger partial charge on any atom is 0.350 e. The molecule has 0 radical (unpaired) electrons. The first-order valence-electron chi connectivity index (χ1n) is 5.21. The van der Waals surface area contributed by atoms with Crippen LogP contribution in [0.5, 0.6) is 0 Å². The molecule has 4 nitrogen and oxygen atoms in total. The molecule has 0 saturated carbocycles. The smallest absolute Gasteiger partial charge is 0.350 e. The van der Waals surface area contributed by atoms with E-state index in [1.165, 1.54) is 24.0 Å². The fourth-order valence-electron chi connectivity index (χ4n) is 1.33. The van der Waals surface area contributed by atoms with Gasteiger partial charge in [0.05, 0.1) is 19.0 Å². The lowest BCUT2D eigenvalue weighted by Crippen LogP contribution is -2.01. The molecule has 0 bridgehead atoms. The molecule has 94 valence electrons. The molecule has 0 aliphatic carbocycles. The van der Waals surface area contributed by atoms with Crippen LogP contribution in [-0.2, 0) is 4.74 Å². The first kappa shape index (κ1) is 12.8. The number of carbonyl (C=O) groups is 1. The van der Waals surface area contributed by atoms with Crippen LogP contribution in [0.1, 0.15) is 20.1 Å². The molecule has 0 aliphatic heterocycles. The standard InChI is InChI=1S/C12H12N2O2S2/c1-8-3-5-17-10(8)7-13-14-9-4-6-18-11(9)12(15)16-2/h3-7,14H,1-2H3/b13-7-. The molecule has 2 aromatic heterocycles. The summed E-state index contributed by atoms with van der Waals surface area (Å²) in [5.41, 5.74) is 4.71. The molecule has 0 aliphatic rings. The molecule has 0 aromatic carbocycles. The minimum Gasteiger partial charge on any atom is -0.465 e. The van der Waals surface area contributed by atoms with Crippen molar-refractivity contribution < 1.29 is 9.53 Å². The Morgan fingerprint density at radius 3 is 2.83 bits per heavy atom. The van der Waals surface area contributed by atoms with Crippen molar-refractivity contribution in [2.45, 2.75) is 6.92 Å². The van der Waals surface area contributed by atoms with Crippen molar-refractivity contribution in [2.75, 3.05) is 12.5 Å². The van der Waals surface area contributed by atoms with E-state index in [4.69, 9.17) is 0 Å². The molecule has 0 unspecified atom stereocenters. The third-order valence-electron chi connectivity index (χ3n) is 2.30. The van der Waals surface area contributed by atoms with Crippen molar-refractivity contribution in [2.24, 2.45) is 5.10 Å². The van der Waals surface area contributed by atoms with Gasteiger partial charge in [0.2, 0.25) is 0 Å². The second-order valence-corrected chi connectivity index (χ2v) is 5.36. The second kappa shape index (κ2) is 5.79. The molecule has 0 amide bonds. The van der Waals surface area contributed by atoms with Crippen molar-refractivity contribution in [1.29, 1.82) is 0 Å². The fraction of sp³-hybridized carbons (Fsp3) is 0.167. The van der Waals surface area contributed by atoms with E-state index < -0.39 is 0 Å². The van der Waals surface area contributed by atoms with E-state index in [1.54, 1.807) is 23.6 Å². The zero-order valence-electron chi connectivity index (χ0n) is 9.97. The predicted molar refractivity (Wildman–Crippen MR) is 75.9 cm³/mol. The zero-order valence-corrected chi connectivity index (χ0v) is 11.6. The van der Waals surface area contributed by atoms with E-state index in [9.17, 15) is 4.79 Å². The minimum atomic E-state index is -0.352. The monoisotopic (exact) mass is 280 g/mol. The van der Waals surface area contributed by atoms with E-state index in [-0.39, 0.29) is 5.97 Å². The van der Waals surface area contributed by atoms with Gasteiger partial charge in [0.15, 0.2) is 0 Å². The molecular weight excluding hydrogens is 268 g/mol. The van der Waals surface area contributed by atoms with Gasteiger partial charge in [-0.05, 0) is 35.4 Å². The molecule has 2 rings (SSSR count). The van der Waals surface area contributed by atoms with Crippen LogP contribution in [0.4, 0.5) is 5.69 Å². The van der Waals surface area contributed by atoms with Gasteiger partial charge in [-0.25, -0.2) is 4.79 Å². The summed E-state index contributed by atoms with van der Waals surface area (Å²) in [6.07, 6.45) is 1.75. The van der Waals surface area contributed by atoms with Crippen LogP contribution < -0.4 is 5.43 Å². The van der Waals surface area contributed by atoms with E-state index >= 15 is 0 Å². The van der Waals surface area contributed by atoms with Crippen LogP contribution in [0.3, 0.4) is 0 Å². The number of nitrogens with one attached hydrogen (secondary N) is 1. The second-order valence-electron chi connectivity index (χ2n) is 3.49. The highest BCUT2D eigenvalue weighted by molar-refractivity contribution is 7.12. The SMILES string of the molecule is COC(=O)c1sccc1N/N=C\c1sccc1C. The summed E-state index contributed by atoms with van der Waals surface area (Å²) in [7, 11) is 1.37. The molecule has 2 aromatic rings. The molecule has 0 atom stereocenters. The number of esters is 1. The van der Waals surface area contributed by atoms with E-state index in [0.29, 0.717) is 10.6 Å². The number of hydrogen-bond donors (Lipinski definition) is 1. The molecule has 0 saturated heterocycles. The first-order chi connectivity index (χ1) is 8.72. The number of aryl methyl sites for hydroxylation is 1. The van der Waals surface area contributed by atoms with Crippen LogP contribution in [0.25, 0.3) is 0 Å². The minimum absolute atomic E-state index is 0.352. The summed E-state index contributed by atoms with van der Waals surface area (Å²) in [5, 5.41) is 7.96. The van der Waals surface area contributed by atoms with Gasteiger partial charge >= 0.3 is 5.97 Å². The number of methoxy groups -OCH3 is 1. The lowest BCUT2D eigenvalue weighted by Gasteiger charge is -2.00. The first-order valence-corrected chi connectivity index (χ1v) is 6.97.